The molecule has 1 atom stereocenters. The van der Waals surface area contributed by atoms with Gasteiger partial charge in [0, 0.05) is 14.1 Å². The SMILES string of the molecule is CCOc1ccc(C(C)C(=O)NN(C)C)cc1. The minimum Gasteiger partial charge on any atom is -0.494 e. The molecule has 0 spiro atoms. The van der Waals surface area contributed by atoms with Crippen molar-refractivity contribution in [2.45, 2.75) is 19.8 Å². The Hall–Kier alpha value is -1.55. The largest absolute Gasteiger partial charge is 0.494 e. The van der Waals surface area contributed by atoms with Crippen LogP contribution in [0.25, 0.3) is 0 Å². The van der Waals surface area contributed by atoms with Crippen LogP contribution in [0.4, 0.5) is 0 Å². The summed E-state index contributed by atoms with van der Waals surface area (Å²) in [6.07, 6.45) is 0. The first kappa shape index (κ1) is 13.5. The van der Waals surface area contributed by atoms with E-state index in [1.807, 2.05) is 38.1 Å². The highest BCUT2D eigenvalue weighted by atomic mass is 16.5. The standard InChI is InChI=1S/C13H20N2O2/c1-5-17-12-8-6-11(7-9-12)10(2)13(16)14-15(3)4/h6-10H,5H2,1-4H3,(H,14,16). The molecule has 0 bridgehead atoms. The quantitative estimate of drug-likeness (QED) is 0.792. The molecule has 0 radical (unpaired) electrons. The Morgan fingerprint density at radius 3 is 2.41 bits per heavy atom. The monoisotopic (exact) mass is 236 g/mol. The zero-order chi connectivity index (χ0) is 12.8. The Bertz CT molecular complexity index is 360. The third kappa shape index (κ3) is 4.07. The van der Waals surface area contributed by atoms with Gasteiger partial charge in [-0.05, 0) is 31.5 Å². The van der Waals surface area contributed by atoms with Crippen molar-refractivity contribution in [2.75, 3.05) is 20.7 Å². The van der Waals surface area contributed by atoms with Crippen molar-refractivity contribution in [1.29, 1.82) is 0 Å². The molecule has 0 aromatic heterocycles. The van der Waals surface area contributed by atoms with Gasteiger partial charge in [-0.1, -0.05) is 12.1 Å². The molecule has 0 saturated heterocycles. The Labute approximate surface area is 103 Å². The fourth-order valence-electron chi connectivity index (χ4n) is 1.49. The number of hydrogen-bond donors (Lipinski definition) is 1. The van der Waals surface area contributed by atoms with Gasteiger partial charge in [0.1, 0.15) is 5.75 Å². The second-order valence-corrected chi connectivity index (χ2v) is 4.09. The van der Waals surface area contributed by atoms with Crippen LogP contribution in [-0.4, -0.2) is 31.6 Å². The fraction of sp³-hybridized carbons (Fsp3) is 0.462. The van der Waals surface area contributed by atoms with Crippen LogP contribution in [0.1, 0.15) is 25.3 Å². The Morgan fingerprint density at radius 2 is 1.94 bits per heavy atom. The van der Waals surface area contributed by atoms with E-state index in [1.54, 1.807) is 19.1 Å². The summed E-state index contributed by atoms with van der Waals surface area (Å²) in [6, 6.07) is 7.62. The first-order chi connectivity index (χ1) is 8.04. The summed E-state index contributed by atoms with van der Waals surface area (Å²) >= 11 is 0. The van der Waals surface area contributed by atoms with E-state index in [1.165, 1.54) is 0 Å². The van der Waals surface area contributed by atoms with E-state index in [0.717, 1.165) is 11.3 Å². The molecule has 0 aliphatic heterocycles. The first-order valence-electron chi connectivity index (χ1n) is 5.75. The van der Waals surface area contributed by atoms with E-state index in [-0.39, 0.29) is 11.8 Å². The van der Waals surface area contributed by atoms with Gasteiger partial charge in [0.2, 0.25) is 5.91 Å². The molecular weight excluding hydrogens is 216 g/mol. The molecule has 0 fully saturated rings. The van der Waals surface area contributed by atoms with Crippen LogP contribution >= 0.6 is 0 Å². The average molecular weight is 236 g/mol. The number of nitrogens with one attached hydrogen (secondary N) is 1. The summed E-state index contributed by atoms with van der Waals surface area (Å²) in [5.74, 6) is 0.642. The number of hydrazine groups is 1. The molecule has 17 heavy (non-hydrogen) atoms. The van der Waals surface area contributed by atoms with Crippen LogP contribution in [0.15, 0.2) is 24.3 Å². The zero-order valence-electron chi connectivity index (χ0n) is 10.9. The maximum Gasteiger partial charge on any atom is 0.241 e. The summed E-state index contributed by atoms with van der Waals surface area (Å²) in [7, 11) is 3.59. The second-order valence-electron chi connectivity index (χ2n) is 4.09. The second kappa shape index (κ2) is 6.25. The molecule has 1 aromatic rings. The van der Waals surface area contributed by atoms with Crippen molar-refractivity contribution in [3.63, 3.8) is 0 Å². The summed E-state index contributed by atoms with van der Waals surface area (Å²) in [6.45, 7) is 4.48. The van der Waals surface area contributed by atoms with E-state index in [4.69, 9.17) is 4.74 Å². The predicted octanol–water partition coefficient (Wildman–Crippen LogP) is 1.78. The van der Waals surface area contributed by atoms with Crippen LogP contribution in [-0.2, 0) is 4.79 Å². The van der Waals surface area contributed by atoms with E-state index >= 15 is 0 Å². The van der Waals surface area contributed by atoms with E-state index in [2.05, 4.69) is 5.43 Å². The molecule has 94 valence electrons. The van der Waals surface area contributed by atoms with Gasteiger partial charge >= 0.3 is 0 Å². The summed E-state index contributed by atoms with van der Waals surface area (Å²) in [4.78, 5) is 11.8. The van der Waals surface area contributed by atoms with Crippen LogP contribution < -0.4 is 10.2 Å². The van der Waals surface area contributed by atoms with Gasteiger partial charge in [-0.3, -0.25) is 10.2 Å². The molecule has 1 amide bonds. The minimum atomic E-state index is -0.173. The molecule has 1 unspecified atom stereocenters. The third-order valence-corrected chi connectivity index (χ3v) is 2.42. The van der Waals surface area contributed by atoms with Gasteiger partial charge in [-0.25, -0.2) is 5.01 Å². The van der Waals surface area contributed by atoms with Crippen LogP contribution in [0.2, 0.25) is 0 Å². The molecule has 1 aromatic carbocycles. The molecule has 0 aliphatic rings. The molecule has 1 N–H and O–H groups in total. The summed E-state index contributed by atoms with van der Waals surface area (Å²) < 4.78 is 5.36. The molecule has 4 nitrogen and oxygen atoms in total. The van der Waals surface area contributed by atoms with Crippen molar-refractivity contribution in [3.05, 3.63) is 29.8 Å². The Balaban J connectivity index is 2.68. The molecule has 4 heteroatoms. The maximum absolute atomic E-state index is 11.8. The Morgan fingerprint density at radius 1 is 1.35 bits per heavy atom. The van der Waals surface area contributed by atoms with Crippen LogP contribution in [0, 0.1) is 0 Å². The maximum atomic E-state index is 11.8. The number of rotatable bonds is 5. The smallest absolute Gasteiger partial charge is 0.241 e. The number of ether oxygens (including phenoxy) is 1. The first-order valence-corrected chi connectivity index (χ1v) is 5.75. The van der Waals surface area contributed by atoms with Crippen molar-refractivity contribution in [2.24, 2.45) is 0 Å². The number of hydrogen-bond acceptors (Lipinski definition) is 3. The number of carbonyl (C=O) groups is 1. The number of nitrogens with zero attached hydrogens (tertiary/aromatic N) is 1. The number of carbonyl (C=O) groups excluding carboxylic acids is 1. The van der Waals surface area contributed by atoms with Gasteiger partial charge < -0.3 is 4.74 Å². The highest BCUT2D eigenvalue weighted by Crippen LogP contribution is 2.19. The van der Waals surface area contributed by atoms with Crippen molar-refractivity contribution < 1.29 is 9.53 Å². The lowest BCUT2D eigenvalue weighted by Crippen LogP contribution is -2.38. The predicted molar refractivity (Wildman–Crippen MR) is 67.9 cm³/mol. The molecule has 1 rings (SSSR count). The highest BCUT2D eigenvalue weighted by Gasteiger charge is 2.15. The fourth-order valence-corrected chi connectivity index (χ4v) is 1.49. The minimum absolute atomic E-state index is 0.0147. The molecule has 0 heterocycles. The lowest BCUT2D eigenvalue weighted by molar-refractivity contribution is -0.125. The normalized spacial score (nSPS) is 12.3. The molecule has 0 saturated carbocycles. The van der Waals surface area contributed by atoms with E-state index in [9.17, 15) is 4.79 Å². The zero-order valence-corrected chi connectivity index (χ0v) is 10.9. The van der Waals surface area contributed by atoms with Gasteiger partial charge in [0.25, 0.3) is 0 Å². The van der Waals surface area contributed by atoms with Crippen LogP contribution in [0.3, 0.4) is 0 Å². The lowest BCUT2D eigenvalue weighted by atomic mass is 10.0. The van der Waals surface area contributed by atoms with Crippen molar-refractivity contribution in [3.8, 4) is 5.75 Å². The molecular formula is C13H20N2O2. The third-order valence-electron chi connectivity index (χ3n) is 2.42. The topological polar surface area (TPSA) is 41.6 Å². The van der Waals surface area contributed by atoms with Gasteiger partial charge in [0.15, 0.2) is 0 Å². The van der Waals surface area contributed by atoms with Crippen molar-refractivity contribution in [1.82, 2.24) is 10.4 Å². The number of amides is 1. The summed E-state index contributed by atoms with van der Waals surface area (Å²) in [5, 5.41) is 1.65. The highest BCUT2D eigenvalue weighted by molar-refractivity contribution is 5.82. The lowest BCUT2D eigenvalue weighted by Gasteiger charge is -2.17. The molecule has 0 aliphatic carbocycles. The average Bonchev–Trinajstić information content (AvgIpc) is 2.28. The van der Waals surface area contributed by atoms with Gasteiger partial charge in [-0.15, -0.1) is 0 Å². The number of benzene rings is 1. The van der Waals surface area contributed by atoms with Gasteiger partial charge in [-0.2, -0.15) is 0 Å². The van der Waals surface area contributed by atoms with Crippen molar-refractivity contribution >= 4 is 5.91 Å². The van der Waals surface area contributed by atoms with Crippen LogP contribution in [0.5, 0.6) is 5.75 Å². The van der Waals surface area contributed by atoms with Gasteiger partial charge in [0.05, 0.1) is 12.5 Å². The van der Waals surface area contributed by atoms with E-state index in [0.29, 0.717) is 6.61 Å². The summed E-state index contributed by atoms with van der Waals surface area (Å²) in [5.41, 5.74) is 3.72. The Kier molecular flexibility index (Phi) is 4.97. The van der Waals surface area contributed by atoms with E-state index < -0.39 is 0 Å².